The van der Waals surface area contributed by atoms with Gasteiger partial charge in [0.2, 0.25) is 0 Å². The van der Waals surface area contributed by atoms with Gasteiger partial charge in [-0.15, -0.1) is 11.3 Å². The zero-order chi connectivity index (χ0) is 11.5. The van der Waals surface area contributed by atoms with Crippen molar-refractivity contribution in [3.05, 3.63) is 51.7 Å². The molecule has 0 aliphatic rings. The van der Waals surface area contributed by atoms with E-state index in [-0.39, 0.29) is 5.91 Å². The smallest absolute Gasteiger partial charge is 0.268 e. The standard InChI is InChI=1S/C12H10ClNOS/c1-14(9-5-3-2-4-6-9)12(15)10-7-8-11(13)16-10/h2-8H,1H3. The number of thiophene rings is 1. The summed E-state index contributed by atoms with van der Waals surface area (Å²) in [5.41, 5.74) is 0.872. The van der Waals surface area contributed by atoms with Gasteiger partial charge in [0.25, 0.3) is 5.91 Å². The number of halogens is 1. The second-order valence-corrected chi connectivity index (χ2v) is 5.02. The van der Waals surface area contributed by atoms with Crippen molar-refractivity contribution >= 4 is 34.5 Å². The van der Waals surface area contributed by atoms with Gasteiger partial charge in [0, 0.05) is 12.7 Å². The SMILES string of the molecule is CN(C(=O)c1ccc(Cl)s1)c1ccccc1. The lowest BCUT2D eigenvalue weighted by Crippen LogP contribution is -2.25. The van der Waals surface area contributed by atoms with Gasteiger partial charge in [0.15, 0.2) is 0 Å². The highest BCUT2D eigenvalue weighted by molar-refractivity contribution is 7.18. The van der Waals surface area contributed by atoms with E-state index in [9.17, 15) is 4.79 Å². The van der Waals surface area contributed by atoms with Gasteiger partial charge in [0.1, 0.15) is 0 Å². The normalized spacial score (nSPS) is 10.1. The van der Waals surface area contributed by atoms with Gasteiger partial charge in [-0.05, 0) is 24.3 Å². The number of hydrogen-bond donors (Lipinski definition) is 0. The molecule has 0 bridgehead atoms. The Morgan fingerprint density at radius 3 is 2.44 bits per heavy atom. The summed E-state index contributed by atoms with van der Waals surface area (Å²) in [6, 6.07) is 13.0. The monoisotopic (exact) mass is 251 g/mol. The molecule has 2 aromatic rings. The Balaban J connectivity index is 2.23. The summed E-state index contributed by atoms with van der Waals surface area (Å²) >= 11 is 7.10. The second-order valence-electron chi connectivity index (χ2n) is 3.30. The van der Waals surface area contributed by atoms with Crippen molar-refractivity contribution in [1.82, 2.24) is 0 Å². The number of benzene rings is 1. The minimum absolute atomic E-state index is 0.0388. The Hall–Kier alpha value is -1.32. The first kappa shape index (κ1) is 11.2. The molecule has 1 aromatic carbocycles. The summed E-state index contributed by atoms with van der Waals surface area (Å²) in [5, 5.41) is 0. The predicted octanol–water partition coefficient (Wildman–Crippen LogP) is 3.68. The minimum Gasteiger partial charge on any atom is -0.311 e. The molecule has 0 spiro atoms. The number of carbonyl (C=O) groups is 1. The fourth-order valence-electron chi connectivity index (χ4n) is 1.36. The Morgan fingerprint density at radius 1 is 1.19 bits per heavy atom. The molecule has 1 heterocycles. The zero-order valence-corrected chi connectivity index (χ0v) is 10.3. The minimum atomic E-state index is -0.0388. The van der Waals surface area contributed by atoms with Gasteiger partial charge in [-0.1, -0.05) is 29.8 Å². The van der Waals surface area contributed by atoms with Gasteiger partial charge in [0.05, 0.1) is 9.21 Å². The van der Waals surface area contributed by atoms with Crippen LogP contribution in [0.5, 0.6) is 0 Å². The summed E-state index contributed by atoms with van der Waals surface area (Å²) in [6.45, 7) is 0. The molecule has 0 fully saturated rings. The topological polar surface area (TPSA) is 20.3 Å². The third kappa shape index (κ3) is 2.26. The molecule has 1 aromatic heterocycles. The molecule has 0 N–H and O–H groups in total. The van der Waals surface area contributed by atoms with Gasteiger partial charge < -0.3 is 4.90 Å². The van der Waals surface area contributed by atoms with E-state index in [1.165, 1.54) is 11.3 Å². The van der Waals surface area contributed by atoms with Crippen molar-refractivity contribution in [3.63, 3.8) is 0 Å². The number of rotatable bonds is 2. The summed E-state index contributed by atoms with van der Waals surface area (Å²) in [4.78, 5) is 14.3. The van der Waals surface area contributed by atoms with Crippen LogP contribution >= 0.6 is 22.9 Å². The molecule has 2 nitrogen and oxygen atoms in total. The van der Waals surface area contributed by atoms with Crippen LogP contribution < -0.4 is 4.90 Å². The van der Waals surface area contributed by atoms with Crippen LogP contribution in [-0.4, -0.2) is 13.0 Å². The fourth-order valence-corrected chi connectivity index (χ4v) is 2.38. The highest BCUT2D eigenvalue weighted by Gasteiger charge is 2.14. The van der Waals surface area contributed by atoms with Gasteiger partial charge in [-0.3, -0.25) is 4.79 Å². The lowest BCUT2D eigenvalue weighted by molar-refractivity contribution is 0.0997. The van der Waals surface area contributed by atoms with Crippen molar-refractivity contribution in [2.45, 2.75) is 0 Å². The molecular formula is C12H10ClNOS. The maximum Gasteiger partial charge on any atom is 0.268 e. The molecule has 0 aliphatic carbocycles. The van der Waals surface area contributed by atoms with Gasteiger partial charge >= 0.3 is 0 Å². The van der Waals surface area contributed by atoms with E-state index in [0.29, 0.717) is 9.21 Å². The lowest BCUT2D eigenvalue weighted by Gasteiger charge is -2.15. The maximum absolute atomic E-state index is 12.0. The largest absolute Gasteiger partial charge is 0.311 e. The van der Waals surface area contributed by atoms with E-state index in [1.807, 2.05) is 30.3 Å². The first-order chi connectivity index (χ1) is 7.68. The van der Waals surface area contributed by atoms with Crippen LogP contribution in [0.3, 0.4) is 0 Å². The zero-order valence-electron chi connectivity index (χ0n) is 8.68. The number of para-hydroxylation sites is 1. The van der Waals surface area contributed by atoms with Crippen molar-refractivity contribution in [3.8, 4) is 0 Å². The lowest BCUT2D eigenvalue weighted by atomic mass is 10.3. The number of nitrogens with zero attached hydrogens (tertiary/aromatic N) is 1. The Kier molecular flexibility index (Phi) is 3.27. The van der Waals surface area contributed by atoms with Gasteiger partial charge in [-0.2, -0.15) is 0 Å². The average Bonchev–Trinajstić information content (AvgIpc) is 2.75. The van der Waals surface area contributed by atoms with Crippen molar-refractivity contribution in [1.29, 1.82) is 0 Å². The summed E-state index contributed by atoms with van der Waals surface area (Å²) in [6.07, 6.45) is 0. The molecule has 0 aliphatic heterocycles. The van der Waals surface area contributed by atoms with Crippen LogP contribution in [0.4, 0.5) is 5.69 Å². The number of hydrogen-bond acceptors (Lipinski definition) is 2. The van der Waals surface area contributed by atoms with E-state index >= 15 is 0 Å². The number of carbonyl (C=O) groups excluding carboxylic acids is 1. The highest BCUT2D eigenvalue weighted by Crippen LogP contribution is 2.24. The Morgan fingerprint density at radius 2 is 1.88 bits per heavy atom. The molecule has 2 rings (SSSR count). The van der Waals surface area contributed by atoms with Crippen LogP contribution in [0.15, 0.2) is 42.5 Å². The molecule has 0 unspecified atom stereocenters. The van der Waals surface area contributed by atoms with Crippen molar-refractivity contribution < 1.29 is 4.79 Å². The molecule has 0 saturated carbocycles. The Bertz CT molecular complexity index is 495. The third-order valence-electron chi connectivity index (χ3n) is 2.23. The highest BCUT2D eigenvalue weighted by atomic mass is 35.5. The first-order valence-electron chi connectivity index (χ1n) is 4.77. The molecular weight excluding hydrogens is 242 g/mol. The molecule has 82 valence electrons. The van der Waals surface area contributed by atoms with E-state index in [2.05, 4.69) is 0 Å². The van der Waals surface area contributed by atoms with E-state index in [0.717, 1.165) is 5.69 Å². The van der Waals surface area contributed by atoms with Gasteiger partial charge in [-0.25, -0.2) is 0 Å². The molecule has 0 atom stereocenters. The summed E-state index contributed by atoms with van der Waals surface area (Å²) in [5.74, 6) is -0.0388. The van der Waals surface area contributed by atoms with Crippen LogP contribution in [0.2, 0.25) is 4.34 Å². The number of anilines is 1. The fraction of sp³-hybridized carbons (Fsp3) is 0.0833. The Labute approximate surface area is 103 Å². The summed E-state index contributed by atoms with van der Waals surface area (Å²) < 4.78 is 0.629. The van der Waals surface area contributed by atoms with Crippen LogP contribution in [-0.2, 0) is 0 Å². The molecule has 1 amide bonds. The summed E-state index contributed by atoms with van der Waals surface area (Å²) in [7, 11) is 1.76. The van der Waals surface area contributed by atoms with Crippen molar-refractivity contribution in [2.75, 3.05) is 11.9 Å². The molecule has 0 radical (unpaired) electrons. The number of amides is 1. The van der Waals surface area contributed by atoms with Crippen LogP contribution in [0, 0.1) is 0 Å². The van der Waals surface area contributed by atoms with E-state index < -0.39 is 0 Å². The maximum atomic E-state index is 12.0. The van der Waals surface area contributed by atoms with E-state index in [1.54, 1.807) is 24.1 Å². The molecule has 4 heteroatoms. The molecule has 0 saturated heterocycles. The van der Waals surface area contributed by atoms with E-state index in [4.69, 9.17) is 11.6 Å². The first-order valence-corrected chi connectivity index (χ1v) is 5.96. The third-order valence-corrected chi connectivity index (χ3v) is 3.45. The quantitative estimate of drug-likeness (QED) is 0.797. The molecule has 16 heavy (non-hydrogen) atoms. The predicted molar refractivity (Wildman–Crippen MR) is 68.5 cm³/mol. The average molecular weight is 252 g/mol. The van der Waals surface area contributed by atoms with Crippen LogP contribution in [0.1, 0.15) is 9.67 Å². The van der Waals surface area contributed by atoms with Crippen LogP contribution in [0.25, 0.3) is 0 Å². The van der Waals surface area contributed by atoms with Crippen molar-refractivity contribution in [2.24, 2.45) is 0 Å². The second kappa shape index (κ2) is 4.68.